The van der Waals surface area contributed by atoms with Crippen LogP contribution < -0.4 is 10.9 Å². The molecule has 0 aliphatic carbocycles. The van der Waals surface area contributed by atoms with Crippen LogP contribution in [0.3, 0.4) is 0 Å². The fourth-order valence-electron chi connectivity index (χ4n) is 4.94. The van der Waals surface area contributed by atoms with Crippen LogP contribution >= 0.6 is 23.2 Å². The number of benzene rings is 3. The average Bonchev–Trinajstić information content (AvgIpc) is 2.93. The summed E-state index contributed by atoms with van der Waals surface area (Å²) >= 11 is 12.3. The number of nitrogens with zero attached hydrogens (tertiary/aromatic N) is 3. The van der Waals surface area contributed by atoms with Crippen LogP contribution in [0, 0.1) is 5.82 Å². The molecule has 0 saturated heterocycles. The number of halogens is 3. The molecule has 12 heteroatoms. The minimum absolute atomic E-state index is 0.00628. The maximum Gasteiger partial charge on any atom is 0.263 e. The van der Waals surface area contributed by atoms with Crippen molar-refractivity contribution in [2.24, 2.45) is 0 Å². The molecule has 2 heterocycles. The van der Waals surface area contributed by atoms with E-state index >= 15 is 0 Å². The van der Waals surface area contributed by atoms with Crippen molar-refractivity contribution in [3.05, 3.63) is 115 Å². The van der Waals surface area contributed by atoms with Gasteiger partial charge >= 0.3 is 0 Å². The number of hydrogen-bond donors (Lipinski definition) is 1. The van der Waals surface area contributed by atoms with Crippen molar-refractivity contribution >= 4 is 44.9 Å². The Labute approximate surface area is 252 Å². The number of sulfone groups is 1. The van der Waals surface area contributed by atoms with Crippen LogP contribution in [0.1, 0.15) is 47.1 Å². The van der Waals surface area contributed by atoms with Crippen LogP contribution in [-0.4, -0.2) is 41.1 Å². The Morgan fingerprint density at radius 2 is 1.69 bits per heavy atom. The van der Waals surface area contributed by atoms with Gasteiger partial charge in [0.15, 0.2) is 9.84 Å². The second-order valence-electron chi connectivity index (χ2n) is 10.4. The first-order valence-corrected chi connectivity index (χ1v) is 15.7. The van der Waals surface area contributed by atoms with Crippen molar-refractivity contribution in [3.8, 4) is 5.69 Å². The molecule has 42 heavy (non-hydrogen) atoms. The number of carbonyl (C=O) groups is 1. The first-order valence-electron chi connectivity index (χ1n) is 13.1. The van der Waals surface area contributed by atoms with Crippen LogP contribution in [0.25, 0.3) is 5.69 Å². The monoisotopic (exact) mass is 628 g/mol. The van der Waals surface area contributed by atoms with E-state index in [1.807, 2.05) is 13.8 Å². The van der Waals surface area contributed by atoms with Gasteiger partial charge in [0, 0.05) is 29.8 Å². The van der Waals surface area contributed by atoms with Gasteiger partial charge in [-0.3, -0.25) is 9.59 Å². The van der Waals surface area contributed by atoms with Gasteiger partial charge in [0.05, 0.1) is 38.9 Å². The molecule has 4 aromatic rings. The van der Waals surface area contributed by atoms with Crippen molar-refractivity contribution < 1.29 is 17.6 Å². The lowest BCUT2D eigenvalue weighted by molar-refractivity contribution is 0.0632. The predicted octanol–water partition coefficient (Wildman–Crippen LogP) is 5.84. The third kappa shape index (κ3) is 5.92. The van der Waals surface area contributed by atoms with Gasteiger partial charge in [-0.2, -0.15) is 0 Å². The molecule has 3 aromatic carbocycles. The summed E-state index contributed by atoms with van der Waals surface area (Å²) in [6, 6.07) is 15.7. The largest absolute Gasteiger partial charge is 0.353 e. The van der Waals surface area contributed by atoms with Gasteiger partial charge in [0.1, 0.15) is 5.82 Å². The van der Waals surface area contributed by atoms with E-state index in [9.17, 15) is 22.4 Å². The van der Waals surface area contributed by atoms with E-state index in [4.69, 9.17) is 28.2 Å². The van der Waals surface area contributed by atoms with E-state index in [-0.39, 0.29) is 46.3 Å². The summed E-state index contributed by atoms with van der Waals surface area (Å²) in [4.78, 5) is 34.5. The van der Waals surface area contributed by atoms with Crippen LogP contribution in [0.4, 0.5) is 10.3 Å². The number of nitrogens with one attached hydrogen (secondary N) is 1. The molecular weight excluding hydrogens is 602 g/mol. The van der Waals surface area contributed by atoms with E-state index < -0.39 is 21.7 Å². The van der Waals surface area contributed by atoms with E-state index in [1.54, 1.807) is 41.3 Å². The molecule has 0 bridgehead atoms. The number of amides is 1. The number of fused-ring (bicyclic) bond motifs is 1. The fourth-order valence-corrected chi connectivity index (χ4v) is 5.87. The molecule has 0 spiro atoms. The third-order valence-electron chi connectivity index (χ3n) is 6.98. The first-order chi connectivity index (χ1) is 19.8. The Hall–Kier alpha value is -3.73. The fraction of sp³-hybridized carbons (Fsp3) is 0.233. The number of carbonyl (C=O) groups excluding carboxylic acids is 1. The zero-order valence-electron chi connectivity index (χ0n) is 22.9. The molecule has 1 aliphatic rings. The highest BCUT2D eigenvalue weighted by atomic mass is 35.5. The minimum Gasteiger partial charge on any atom is -0.353 e. The Morgan fingerprint density at radius 3 is 2.29 bits per heavy atom. The van der Waals surface area contributed by atoms with Gasteiger partial charge in [0.25, 0.3) is 11.5 Å². The molecule has 0 saturated carbocycles. The van der Waals surface area contributed by atoms with E-state index in [0.717, 1.165) is 6.26 Å². The van der Waals surface area contributed by atoms with Crippen molar-refractivity contribution in [2.75, 3.05) is 11.6 Å². The molecule has 5 rings (SSSR count). The Morgan fingerprint density at radius 1 is 1.02 bits per heavy atom. The van der Waals surface area contributed by atoms with Gasteiger partial charge in [0.2, 0.25) is 5.95 Å². The van der Waals surface area contributed by atoms with E-state index in [0.29, 0.717) is 33.1 Å². The molecule has 218 valence electrons. The van der Waals surface area contributed by atoms with Crippen LogP contribution in [0.2, 0.25) is 10.0 Å². The molecule has 1 aromatic heterocycles. The molecule has 1 N–H and O–H groups in total. The van der Waals surface area contributed by atoms with E-state index in [2.05, 4.69) is 5.32 Å². The molecule has 1 amide bonds. The summed E-state index contributed by atoms with van der Waals surface area (Å²) < 4.78 is 39.2. The van der Waals surface area contributed by atoms with Crippen molar-refractivity contribution in [3.63, 3.8) is 0 Å². The minimum atomic E-state index is -3.44. The zero-order chi connectivity index (χ0) is 30.3. The summed E-state index contributed by atoms with van der Waals surface area (Å²) in [5.41, 5.74) is 1.83. The smallest absolute Gasteiger partial charge is 0.263 e. The lowest BCUT2D eigenvalue weighted by Gasteiger charge is -2.37. The molecular formula is C30H27Cl2FN4O4S. The van der Waals surface area contributed by atoms with E-state index in [1.165, 1.54) is 34.9 Å². The quantitative estimate of drug-likeness (QED) is 0.288. The summed E-state index contributed by atoms with van der Waals surface area (Å²) in [7, 11) is -3.44. The number of hydrogen-bond acceptors (Lipinski definition) is 6. The van der Waals surface area contributed by atoms with Gasteiger partial charge in [-0.15, -0.1) is 0 Å². The lowest BCUT2D eigenvalue weighted by Crippen LogP contribution is -2.43. The number of anilines is 1. The maximum atomic E-state index is 14.1. The van der Waals surface area contributed by atoms with Crippen LogP contribution in [-0.2, 0) is 22.8 Å². The predicted molar refractivity (Wildman–Crippen MR) is 161 cm³/mol. The summed E-state index contributed by atoms with van der Waals surface area (Å²) in [6.45, 7) is 3.80. The second kappa shape index (κ2) is 11.5. The lowest BCUT2D eigenvalue weighted by atomic mass is 9.92. The van der Waals surface area contributed by atoms with Crippen molar-refractivity contribution in [2.45, 2.75) is 43.8 Å². The maximum absolute atomic E-state index is 14.1. The average molecular weight is 630 g/mol. The normalized spacial score (nSPS) is 15.0. The summed E-state index contributed by atoms with van der Waals surface area (Å²) in [6.07, 6.45) is 1.23. The molecule has 0 radical (unpaired) electrons. The van der Waals surface area contributed by atoms with Gasteiger partial charge in [-0.05, 0) is 74.0 Å². The molecule has 8 nitrogen and oxygen atoms in total. The highest BCUT2D eigenvalue weighted by molar-refractivity contribution is 7.90. The molecule has 1 atom stereocenters. The number of aromatic nitrogens is 2. The van der Waals surface area contributed by atoms with Crippen molar-refractivity contribution in [1.82, 2.24) is 14.5 Å². The SMILES string of the molecule is CC(C)Nc1nc2c(c(=O)n1-c1ccc(S(C)(=O)=O)cc1)CC(c1ccc(F)cc1)N(C(=O)c1ccc(Cl)c(Cl)c1)C2. The highest BCUT2D eigenvalue weighted by Crippen LogP contribution is 2.35. The Kier molecular flexibility index (Phi) is 8.15. The Bertz CT molecular complexity index is 1840. The van der Waals surface area contributed by atoms with Gasteiger partial charge in [-0.25, -0.2) is 22.4 Å². The Balaban J connectivity index is 1.66. The highest BCUT2D eigenvalue weighted by Gasteiger charge is 2.35. The topological polar surface area (TPSA) is 101 Å². The molecule has 1 aliphatic heterocycles. The first kappa shape index (κ1) is 29.8. The number of rotatable bonds is 6. The summed E-state index contributed by atoms with van der Waals surface area (Å²) in [5, 5.41) is 3.74. The standard InChI is InChI=1S/C30H27Cl2FN4O4S/c1-17(2)34-30-35-26-16-36(28(38)19-6-13-24(31)25(32)14-19)27(18-4-7-20(33)8-5-18)15-23(26)29(39)37(30)21-9-11-22(12-10-21)42(3,40)41/h4-14,17,27H,15-16H2,1-3H3,(H,34,35). The second-order valence-corrected chi connectivity index (χ2v) is 13.2. The van der Waals surface area contributed by atoms with Crippen LogP contribution in [0.15, 0.2) is 76.4 Å². The van der Waals surface area contributed by atoms with Crippen molar-refractivity contribution in [1.29, 1.82) is 0 Å². The van der Waals surface area contributed by atoms with Crippen LogP contribution in [0.5, 0.6) is 0 Å². The molecule has 1 unspecified atom stereocenters. The zero-order valence-corrected chi connectivity index (χ0v) is 25.3. The van der Waals surface area contributed by atoms with Gasteiger partial charge in [-0.1, -0.05) is 35.3 Å². The molecule has 0 fully saturated rings. The summed E-state index contributed by atoms with van der Waals surface area (Å²) in [5.74, 6) is -0.527. The third-order valence-corrected chi connectivity index (χ3v) is 8.85. The van der Waals surface area contributed by atoms with Gasteiger partial charge < -0.3 is 10.2 Å².